The lowest BCUT2D eigenvalue weighted by atomic mass is 10.0. The smallest absolute Gasteiger partial charge is 0.129 e. The first-order chi connectivity index (χ1) is 9.24. The summed E-state index contributed by atoms with van der Waals surface area (Å²) in [6, 6.07) is 8.69. The minimum Gasteiger partial charge on any atom is -0.357 e. The Balaban J connectivity index is 1.83. The molecule has 1 fully saturated rings. The Hall–Kier alpha value is -1.68. The molecule has 0 amide bonds. The Morgan fingerprint density at radius 2 is 1.95 bits per heavy atom. The van der Waals surface area contributed by atoms with Crippen LogP contribution in [0.1, 0.15) is 12.8 Å². The van der Waals surface area contributed by atoms with Crippen molar-refractivity contribution in [2.45, 2.75) is 18.9 Å². The number of hydrogen-bond acceptors (Lipinski definition) is 4. The Morgan fingerprint density at radius 1 is 1.16 bits per heavy atom. The van der Waals surface area contributed by atoms with Crippen LogP contribution in [0.25, 0.3) is 11.0 Å². The summed E-state index contributed by atoms with van der Waals surface area (Å²) in [5.41, 5.74) is 1.93. The zero-order chi connectivity index (χ0) is 13.2. The van der Waals surface area contributed by atoms with E-state index in [0.29, 0.717) is 6.04 Å². The molecule has 1 aliphatic heterocycles. The van der Waals surface area contributed by atoms with Crippen LogP contribution in [0.15, 0.2) is 30.5 Å². The molecule has 0 aliphatic carbocycles. The van der Waals surface area contributed by atoms with Crippen LogP contribution < -0.4 is 4.90 Å². The Kier molecular flexibility index (Phi) is 3.34. The molecule has 3 heterocycles. The summed E-state index contributed by atoms with van der Waals surface area (Å²) in [7, 11) is 4.34. The number of nitrogens with zero attached hydrogens (tertiary/aromatic N) is 4. The highest BCUT2D eigenvalue weighted by molar-refractivity contribution is 5.75. The second kappa shape index (κ2) is 5.13. The molecule has 2 aromatic rings. The van der Waals surface area contributed by atoms with E-state index in [9.17, 15) is 0 Å². The minimum atomic E-state index is 0.595. The molecule has 1 aliphatic rings. The van der Waals surface area contributed by atoms with Crippen molar-refractivity contribution in [3.63, 3.8) is 0 Å². The third-order valence-corrected chi connectivity index (χ3v) is 4.04. The molecule has 0 bridgehead atoms. The molecule has 100 valence electrons. The van der Waals surface area contributed by atoms with Gasteiger partial charge in [0.2, 0.25) is 0 Å². The SMILES string of the molecule is CN1CCC(N(C)c2ccc3ncccc3n2)CC1. The van der Waals surface area contributed by atoms with Crippen molar-refractivity contribution in [3.8, 4) is 0 Å². The number of hydrogen-bond donors (Lipinski definition) is 0. The highest BCUT2D eigenvalue weighted by Gasteiger charge is 2.21. The van der Waals surface area contributed by atoms with Gasteiger partial charge in [0, 0.05) is 19.3 Å². The van der Waals surface area contributed by atoms with Crippen LogP contribution in [0.5, 0.6) is 0 Å². The monoisotopic (exact) mass is 256 g/mol. The predicted octanol–water partition coefficient (Wildman–Crippen LogP) is 2.16. The second-order valence-electron chi connectivity index (χ2n) is 5.36. The summed E-state index contributed by atoms with van der Waals surface area (Å²) in [5.74, 6) is 1.05. The quantitative estimate of drug-likeness (QED) is 0.824. The van der Waals surface area contributed by atoms with E-state index >= 15 is 0 Å². The van der Waals surface area contributed by atoms with Crippen LogP contribution in [0, 0.1) is 0 Å². The highest BCUT2D eigenvalue weighted by atomic mass is 15.2. The van der Waals surface area contributed by atoms with Gasteiger partial charge in [-0.1, -0.05) is 0 Å². The number of piperidine rings is 1. The van der Waals surface area contributed by atoms with Crippen LogP contribution in [0.2, 0.25) is 0 Å². The number of fused-ring (bicyclic) bond motifs is 1. The summed E-state index contributed by atoms with van der Waals surface area (Å²) in [5, 5.41) is 0. The number of aromatic nitrogens is 2. The zero-order valence-corrected chi connectivity index (χ0v) is 11.6. The Labute approximate surface area is 114 Å². The van der Waals surface area contributed by atoms with E-state index in [1.54, 1.807) is 0 Å². The summed E-state index contributed by atoms with van der Waals surface area (Å²) in [6.45, 7) is 2.34. The summed E-state index contributed by atoms with van der Waals surface area (Å²) >= 11 is 0. The van der Waals surface area contributed by atoms with Gasteiger partial charge in [0.1, 0.15) is 5.82 Å². The number of rotatable bonds is 2. The van der Waals surface area contributed by atoms with Gasteiger partial charge in [0.25, 0.3) is 0 Å². The van der Waals surface area contributed by atoms with E-state index in [2.05, 4.69) is 41.0 Å². The molecule has 3 rings (SSSR count). The molecule has 0 aromatic carbocycles. The first-order valence-electron chi connectivity index (χ1n) is 6.87. The van der Waals surface area contributed by atoms with Crippen molar-refractivity contribution in [1.29, 1.82) is 0 Å². The van der Waals surface area contributed by atoms with E-state index in [1.807, 2.05) is 18.3 Å². The van der Waals surface area contributed by atoms with Crippen molar-refractivity contribution < 1.29 is 0 Å². The molecule has 1 saturated heterocycles. The lowest BCUT2D eigenvalue weighted by molar-refractivity contribution is 0.252. The van der Waals surface area contributed by atoms with Crippen molar-refractivity contribution >= 4 is 16.9 Å². The molecule has 4 nitrogen and oxygen atoms in total. The number of anilines is 1. The van der Waals surface area contributed by atoms with Crippen molar-refractivity contribution in [2.75, 3.05) is 32.1 Å². The van der Waals surface area contributed by atoms with Crippen LogP contribution in [0.3, 0.4) is 0 Å². The molecular formula is C15H20N4. The maximum absolute atomic E-state index is 4.72. The van der Waals surface area contributed by atoms with E-state index < -0.39 is 0 Å². The fraction of sp³-hybridized carbons (Fsp3) is 0.467. The molecule has 0 unspecified atom stereocenters. The lowest BCUT2D eigenvalue weighted by Gasteiger charge is -2.35. The Bertz CT molecular complexity index is 561. The second-order valence-corrected chi connectivity index (χ2v) is 5.36. The van der Waals surface area contributed by atoms with Crippen LogP contribution >= 0.6 is 0 Å². The van der Waals surface area contributed by atoms with Gasteiger partial charge in [-0.2, -0.15) is 0 Å². The fourth-order valence-electron chi connectivity index (χ4n) is 2.71. The van der Waals surface area contributed by atoms with Crippen molar-refractivity contribution in [2.24, 2.45) is 0 Å². The number of pyridine rings is 2. The van der Waals surface area contributed by atoms with Gasteiger partial charge < -0.3 is 9.80 Å². The largest absolute Gasteiger partial charge is 0.357 e. The van der Waals surface area contributed by atoms with Gasteiger partial charge in [-0.05, 0) is 57.2 Å². The third-order valence-electron chi connectivity index (χ3n) is 4.04. The van der Waals surface area contributed by atoms with Gasteiger partial charge in [-0.15, -0.1) is 0 Å². The predicted molar refractivity (Wildman–Crippen MR) is 78.5 cm³/mol. The van der Waals surface area contributed by atoms with Crippen molar-refractivity contribution in [1.82, 2.24) is 14.9 Å². The lowest BCUT2D eigenvalue weighted by Crippen LogP contribution is -2.42. The summed E-state index contributed by atoms with van der Waals surface area (Å²) in [4.78, 5) is 13.7. The summed E-state index contributed by atoms with van der Waals surface area (Å²) in [6.07, 6.45) is 4.23. The molecule has 2 aromatic heterocycles. The van der Waals surface area contributed by atoms with Crippen LogP contribution in [-0.2, 0) is 0 Å². The van der Waals surface area contributed by atoms with Gasteiger partial charge >= 0.3 is 0 Å². The highest BCUT2D eigenvalue weighted by Crippen LogP contribution is 2.21. The molecule has 0 radical (unpaired) electrons. The van der Waals surface area contributed by atoms with Crippen molar-refractivity contribution in [3.05, 3.63) is 30.5 Å². The van der Waals surface area contributed by atoms with Gasteiger partial charge in [0.05, 0.1) is 11.0 Å². The fourth-order valence-corrected chi connectivity index (χ4v) is 2.71. The van der Waals surface area contributed by atoms with E-state index in [1.165, 1.54) is 25.9 Å². The van der Waals surface area contributed by atoms with E-state index in [0.717, 1.165) is 16.9 Å². The molecule has 0 atom stereocenters. The average molecular weight is 256 g/mol. The molecular weight excluding hydrogens is 236 g/mol. The standard InChI is InChI=1S/C15H20N4/c1-18-10-7-12(8-11-18)19(2)15-6-5-13-14(17-15)4-3-9-16-13/h3-6,9,12H,7-8,10-11H2,1-2H3. The van der Waals surface area contributed by atoms with E-state index in [-0.39, 0.29) is 0 Å². The molecule has 0 N–H and O–H groups in total. The van der Waals surface area contributed by atoms with Gasteiger partial charge in [-0.25, -0.2) is 4.98 Å². The maximum Gasteiger partial charge on any atom is 0.129 e. The third kappa shape index (κ3) is 2.54. The van der Waals surface area contributed by atoms with Crippen LogP contribution in [0.4, 0.5) is 5.82 Å². The minimum absolute atomic E-state index is 0.595. The first-order valence-corrected chi connectivity index (χ1v) is 6.87. The first kappa shape index (κ1) is 12.4. The molecule has 0 spiro atoms. The zero-order valence-electron chi connectivity index (χ0n) is 11.6. The number of likely N-dealkylation sites (tertiary alicyclic amines) is 1. The average Bonchev–Trinajstić information content (AvgIpc) is 2.47. The van der Waals surface area contributed by atoms with Crippen LogP contribution in [-0.4, -0.2) is 48.1 Å². The molecule has 4 heteroatoms. The topological polar surface area (TPSA) is 32.3 Å². The maximum atomic E-state index is 4.72. The van der Waals surface area contributed by atoms with Gasteiger partial charge in [0.15, 0.2) is 0 Å². The van der Waals surface area contributed by atoms with Gasteiger partial charge in [-0.3, -0.25) is 4.98 Å². The van der Waals surface area contributed by atoms with E-state index in [4.69, 9.17) is 4.98 Å². The normalized spacial score (nSPS) is 17.8. The summed E-state index contributed by atoms with van der Waals surface area (Å²) < 4.78 is 0. The Morgan fingerprint density at radius 3 is 2.74 bits per heavy atom. The molecule has 19 heavy (non-hydrogen) atoms. The molecule has 0 saturated carbocycles.